The van der Waals surface area contributed by atoms with E-state index in [-0.39, 0.29) is 16.8 Å². The third kappa shape index (κ3) is 4.83. The molecule has 0 radical (unpaired) electrons. The van der Waals surface area contributed by atoms with Crippen LogP contribution in [0.5, 0.6) is 0 Å². The molecule has 1 aliphatic rings. The van der Waals surface area contributed by atoms with Crippen LogP contribution in [-0.4, -0.2) is 21.8 Å². The number of amides is 2. The summed E-state index contributed by atoms with van der Waals surface area (Å²) in [6.45, 7) is 0.348. The first-order valence-electron chi connectivity index (χ1n) is 12.3. The van der Waals surface area contributed by atoms with Crippen LogP contribution < -0.4 is 15.5 Å². The zero-order valence-electron chi connectivity index (χ0n) is 20.6. The summed E-state index contributed by atoms with van der Waals surface area (Å²) in [7, 11) is 0. The Bertz CT molecular complexity index is 1710. The topological polar surface area (TPSA) is 87.2 Å². The highest BCUT2D eigenvalue weighted by molar-refractivity contribution is 6.35. The smallest absolute Gasteiger partial charge is 0.260 e. The molecule has 2 aromatic heterocycles. The molecule has 0 aliphatic carbocycles. The number of para-hydroxylation sites is 1. The maximum atomic E-state index is 13.8. The molecule has 0 bridgehead atoms. The second-order valence-electron chi connectivity index (χ2n) is 8.98. The standard InChI is InChI=1S/C31H22ClN5O2/c32-26-17-22(35-30(38)24-10-3-2-9-23(24)20-8-5-15-33-18-20)13-14-25(26)31(39)37-19-21-7-1-4-11-27(21)36-29-28(37)12-6-16-34-29/h1-18H,19H2,(H,34,36)(H,35,38). The summed E-state index contributed by atoms with van der Waals surface area (Å²) < 4.78 is 0. The lowest BCUT2D eigenvalue weighted by atomic mass is 10.0. The largest absolute Gasteiger partial charge is 0.338 e. The van der Waals surface area contributed by atoms with Gasteiger partial charge in [-0.25, -0.2) is 4.98 Å². The summed E-state index contributed by atoms with van der Waals surface area (Å²) in [6, 6.07) is 27.4. The van der Waals surface area contributed by atoms with Gasteiger partial charge in [0.1, 0.15) is 0 Å². The van der Waals surface area contributed by atoms with E-state index in [1.807, 2.05) is 60.7 Å². The van der Waals surface area contributed by atoms with E-state index in [9.17, 15) is 9.59 Å². The number of hydrogen-bond donors (Lipinski definition) is 2. The monoisotopic (exact) mass is 531 g/mol. The summed E-state index contributed by atoms with van der Waals surface area (Å²) >= 11 is 6.63. The molecule has 6 rings (SSSR count). The summed E-state index contributed by atoms with van der Waals surface area (Å²) in [4.78, 5) is 37.3. The average molecular weight is 532 g/mol. The summed E-state index contributed by atoms with van der Waals surface area (Å²) in [5, 5.41) is 6.46. The number of fused-ring (bicyclic) bond motifs is 2. The molecule has 2 amide bonds. The van der Waals surface area contributed by atoms with Crippen molar-refractivity contribution in [1.82, 2.24) is 9.97 Å². The van der Waals surface area contributed by atoms with E-state index in [4.69, 9.17) is 11.6 Å². The van der Waals surface area contributed by atoms with E-state index >= 15 is 0 Å². The molecular weight excluding hydrogens is 510 g/mol. The molecule has 0 saturated carbocycles. The molecule has 0 fully saturated rings. The van der Waals surface area contributed by atoms with Gasteiger partial charge in [-0.2, -0.15) is 0 Å². The number of carbonyl (C=O) groups is 2. The van der Waals surface area contributed by atoms with Crippen LogP contribution in [0.2, 0.25) is 5.02 Å². The second-order valence-corrected chi connectivity index (χ2v) is 9.39. The maximum absolute atomic E-state index is 13.8. The number of anilines is 4. The minimum Gasteiger partial charge on any atom is -0.338 e. The third-order valence-electron chi connectivity index (χ3n) is 6.52. The third-order valence-corrected chi connectivity index (χ3v) is 6.84. The van der Waals surface area contributed by atoms with Gasteiger partial charge in [0.15, 0.2) is 5.82 Å². The van der Waals surface area contributed by atoms with Crippen LogP contribution >= 0.6 is 11.6 Å². The molecule has 7 nitrogen and oxygen atoms in total. The number of rotatable bonds is 4. The van der Waals surface area contributed by atoms with Crippen molar-refractivity contribution in [3.8, 4) is 11.1 Å². The molecule has 0 atom stereocenters. The van der Waals surface area contributed by atoms with E-state index < -0.39 is 0 Å². The van der Waals surface area contributed by atoms with Crippen LogP contribution in [-0.2, 0) is 6.54 Å². The number of nitrogens with one attached hydrogen (secondary N) is 2. The average Bonchev–Trinajstić information content (AvgIpc) is 3.14. The van der Waals surface area contributed by atoms with Crippen LogP contribution in [0.15, 0.2) is 110 Å². The van der Waals surface area contributed by atoms with Crippen LogP contribution in [0.4, 0.5) is 22.9 Å². The molecule has 39 heavy (non-hydrogen) atoms. The van der Waals surface area contributed by atoms with Crippen LogP contribution in [0, 0.1) is 0 Å². The fourth-order valence-electron chi connectivity index (χ4n) is 4.62. The Balaban J connectivity index is 1.28. The Hall–Kier alpha value is -5.01. The van der Waals surface area contributed by atoms with Gasteiger partial charge in [0.25, 0.3) is 11.8 Å². The molecule has 0 unspecified atom stereocenters. The van der Waals surface area contributed by atoms with Gasteiger partial charge < -0.3 is 15.5 Å². The van der Waals surface area contributed by atoms with Gasteiger partial charge in [-0.15, -0.1) is 0 Å². The van der Waals surface area contributed by atoms with Crippen molar-refractivity contribution in [2.45, 2.75) is 6.54 Å². The van der Waals surface area contributed by atoms with Crippen molar-refractivity contribution in [1.29, 1.82) is 0 Å². The zero-order chi connectivity index (χ0) is 26.8. The molecule has 0 saturated heterocycles. The molecule has 190 valence electrons. The first-order valence-corrected chi connectivity index (χ1v) is 12.7. The minimum atomic E-state index is -0.292. The lowest BCUT2D eigenvalue weighted by Gasteiger charge is -2.23. The van der Waals surface area contributed by atoms with E-state index in [0.29, 0.717) is 34.9 Å². The Morgan fingerprint density at radius 2 is 1.69 bits per heavy atom. The SMILES string of the molecule is O=C(Nc1ccc(C(=O)N2Cc3ccccc3Nc3ncccc32)c(Cl)c1)c1ccccc1-c1cccnc1. The number of pyridine rings is 2. The van der Waals surface area contributed by atoms with E-state index in [1.54, 1.807) is 53.8 Å². The Morgan fingerprint density at radius 3 is 2.54 bits per heavy atom. The number of nitrogens with zero attached hydrogens (tertiary/aromatic N) is 3. The van der Waals surface area contributed by atoms with Crippen molar-refractivity contribution in [2.24, 2.45) is 0 Å². The second kappa shape index (κ2) is 10.4. The fraction of sp³-hybridized carbons (Fsp3) is 0.0323. The van der Waals surface area contributed by atoms with Crippen LogP contribution in [0.1, 0.15) is 26.3 Å². The molecule has 3 heterocycles. The molecule has 0 spiro atoms. The summed E-state index contributed by atoms with van der Waals surface area (Å²) in [6.07, 6.45) is 5.08. The Kier molecular flexibility index (Phi) is 6.49. The highest BCUT2D eigenvalue weighted by Gasteiger charge is 2.27. The normalized spacial score (nSPS) is 12.0. The highest BCUT2D eigenvalue weighted by Crippen LogP contribution is 2.36. The summed E-state index contributed by atoms with van der Waals surface area (Å²) in [5.41, 5.74) is 5.40. The maximum Gasteiger partial charge on any atom is 0.260 e. The molecule has 1 aliphatic heterocycles. The van der Waals surface area contributed by atoms with E-state index in [1.165, 1.54) is 0 Å². The van der Waals surface area contributed by atoms with Crippen molar-refractivity contribution < 1.29 is 9.59 Å². The number of hydrogen-bond acceptors (Lipinski definition) is 5. The van der Waals surface area contributed by atoms with Crippen molar-refractivity contribution in [3.63, 3.8) is 0 Å². The zero-order valence-corrected chi connectivity index (χ0v) is 21.4. The van der Waals surface area contributed by atoms with Gasteiger partial charge in [-0.1, -0.05) is 54.1 Å². The van der Waals surface area contributed by atoms with E-state index in [2.05, 4.69) is 20.6 Å². The van der Waals surface area contributed by atoms with Gasteiger partial charge >= 0.3 is 0 Å². The predicted octanol–water partition coefficient (Wildman–Crippen LogP) is 6.95. The summed E-state index contributed by atoms with van der Waals surface area (Å²) in [5.74, 6) is 0.0236. The van der Waals surface area contributed by atoms with Crippen molar-refractivity contribution >= 4 is 46.3 Å². The lowest BCUT2D eigenvalue weighted by molar-refractivity contribution is 0.0984. The lowest BCUT2D eigenvalue weighted by Crippen LogP contribution is -2.30. The van der Waals surface area contributed by atoms with Gasteiger partial charge in [-0.05, 0) is 59.7 Å². The fourth-order valence-corrected chi connectivity index (χ4v) is 4.88. The molecule has 8 heteroatoms. The van der Waals surface area contributed by atoms with Crippen LogP contribution in [0.25, 0.3) is 11.1 Å². The number of benzene rings is 3. The van der Waals surface area contributed by atoms with Gasteiger partial charge in [0.2, 0.25) is 0 Å². The van der Waals surface area contributed by atoms with Crippen LogP contribution in [0.3, 0.4) is 0 Å². The highest BCUT2D eigenvalue weighted by atomic mass is 35.5. The first-order chi connectivity index (χ1) is 19.1. The molecular formula is C31H22ClN5O2. The van der Waals surface area contributed by atoms with Gasteiger partial charge in [0, 0.05) is 41.1 Å². The van der Waals surface area contributed by atoms with Gasteiger partial charge in [-0.3, -0.25) is 14.6 Å². The number of carbonyl (C=O) groups excluding carboxylic acids is 2. The van der Waals surface area contributed by atoms with Crippen molar-refractivity contribution in [2.75, 3.05) is 15.5 Å². The molecule has 3 aromatic carbocycles. The minimum absolute atomic E-state index is 0.231. The first kappa shape index (κ1) is 24.3. The quantitative estimate of drug-likeness (QED) is 0.262. The van der Waals surface area contributed by atoms with Gasteiger partial charge in [0.05, 0.1) is 22.8 Å². The molecule has 5 aromatic rings. The Morgan fingerprint density at radius 1 is 0.872 bits per heavy atom. The van der Waals surface area contributed by atoms with E-state index in [0.717, 1.165) is 22.4 Å². The number of aromatic nitrogens is 2. The molecule has 2 N–H and O–H groups in total. The van der Waals surface area contributed by atoms with Crippen molar-refractivity contribution in [3.05, 3.63) is 131 Å². The Labute approximate surface area is 230 Å². The number of halogens is 1. The predicted molar refractivity (Wildman–Crippen MR) is 154 cm³/mol.